The van der Waals surface area contributed by atoms with Gasteiger partial charge in [-0.15, -0.1) is 0 Å². The van der Waals surface area contributed by atoms with Gasteiger partial charge in [-0.1, -0.05) is 30.3 Å². The van der Waals surface area contributed by atoms with Crippen molar-refractivity contribution in [3.8, 4) is 5.75 Å². The Bertz CT molecular complexity index is 763. The fourth-order valence-electron chi connectivity index (χ4n) is 2.69. The molecule has 0 bridgehead atoms. The number of para-hydroxylation sites is 2. The Morgan fingerprint density at radius 3 is 2.61 bits per heavy atom. The van der Waals surface area contributed by atoms with Crippen molar-refractivity contribution in [2.24, 2.45) is 5.73 Å². The Morgan fingerprint density at radius 1 is 1.17 bits per heavy atom. The zero-order chi connectivity index (χ0) is 16.4. The molecule has 1 unspecified atom stereocenters. The molecule has 3 rings (SSSR count). The van der Waals surface area contributed by atoms with Crippen LogP contribution >= 0.6 is 0 Å². The van der Waals surface area contributed by atoms with E-state index in [0.29, 0.717) is 12.1 Å². The molecule has 1 aliphatic heterocycles. The molecule has 1 heterocycles. The number of halogens is 1. The third-order valence-corrected chi connectivity index (χ3v) is 3.76. The summed E-state index contributed by atoms with van der Waals surface area (Å²) in [6, 6.07) is 12.3. The Hall–Kier alpha value is -2.89. The van der Waals surface area contributed by atoms with Crippen molar-refractivity contribution in [1.29, 1.82) is 0 Å². The van der Waals surface area contributed by atoms with Gasteiger partial charge in [0.05, 0.1) is 0 Å². The predicted molar refractivity (Wildman–Crippen MR) is 82.5 cm³/mol. The summed E-state index contributed by atoms with van der Waals surface area (Å²) in [5, 5.41) is 0. The lowest BCUT2D eigenvalue weighted by atomic mass is 10.1. The highest BCUT2D eigenvalue weighted by Crippen LogP contribution is 2.32. The molecule has 2 aromatic rings. The second-order valence-corrected chi connectivity index (χ2v) is 5.23. The molecule has 2 N–H and O–H groups in total. The highest BCUT2D eigenvalue weighted by Gasteiger charge is 2.37. The number of hydrogen-bond acceptors (Lipinski definition) is 3. The number of carbonyl (C=O) groups excluding carboxylic acids is 2. The van der Waals surface area contributed by atoms with E-state index in [1.165, 1.54) is 23.1 Å². The molecule has 1 atom stereocenters. The van der Waals surface area contributed by atoms with Crippen molar-refractivity contribution < 1.29 is 18.7 Å². The van der Waals surface area contributed by atoms with Gasteiger partial charge in [0.15, 0.2) is 18.2 Å². The lowest BCUT2D eigenvalue weighted by Gasteiger charge is -2.23. The topological polar surface area (TPSA) is 72.6 Å². The summed E-state index contributed by atoms with van der Waals surface area (Å²) in [5.41, 5.74) is 6.91. The van der Waals surface area contributed by atoms with Crippen LogP contribution in [0.25, 0.3) is 0 Å². The standard InChI is InChI=1S/C17H15FN2O3/c18-12-6-2-4-8-15(12)23-10-16(21)20-13-7-3-1-5-11(13)9-14(20)17(19)22/h1-8,14H,9-10H2,(H2,19,22). The third-order valence-electron chi connectivity index (χ3n) is 3.76. The molecule has 118 valence electrons. The normalized spacial score (nSPS) is 16.0. The van der Waals surface area contributed by atoms with Crippen molar-refractivity contribution in [3.05, 3.63) is 59.9 Å². The number of anilines is 1. The van der Waals surface area contributed by atoms with Crippen LogP contribution in [0.4, 0.5) is 10.1 Å². The van der Waals surface area contributed by atoms with Gasteiger partial charge < -0.3 is 10.5 Å². The Labute approximate surface area is 132 Å². The fourth-order valence-corrected chi connectivity index (χ4v) is 2.69. The van der Waals surface area contributed by atoms with Gasteiger partial charge in [-0.2, -0.15) is 0 Å². The van der Waals surface area contributed by atoms with Gasteiger partial charge >= 0.3 is 0 Å². The molecule has 23 heavy (non-hydrogen) atoms. The van der Waals surface area contributed by atoms with Crippen molar-refractivity contribution in [3.63, 3.8) is 0 Å². The van der Waals surface area contributed by atoms with E-state index in [1.807, 2.05) is 12.1 Å². The zero-order valence-electron chi connectivity index (χ0n) is 12.2. The van der Waals surface area contributed by atoms with Crippen LogP contribution in [-0.4, -0.2) is 24.5 Å². The van der Waals surface area contributed by atoms with E-state index in [2.05, 4.69) is 0 Å². The van der Waals surface area contributed by atoms with Crippen LogP contribution in [0.15, 0.2) is 48.5 Å². The number of carbonyl (C=O) groups is 2. The molecule has 0 radical (unpaired) electrons. The van der Waals surface area contributed by atoms with Gasteiger partial charge in [-0.05, 0) is 23.8 Å². The summed E-state index contributed by atoms with van der Waals surface area (Å²) in [6.45, 7) is -0.376. The second-order valence-electron chi connectivity index (χ2n) is 5.23. The summed E-state index contributed by atoms with van der Waals surface area (Å²) >= 11 is 0. The number of amides is 2. The second kappa shape index (κ2) is 6.08. The molecule has 0 fully saturated rings. The zero-order valence-corrected chi connectivity index (χ0v) is 12.2. The summed E-state index contributed by atoms with van der Waals surface area (Å²) in [4.78, 5) is 25.5. The molecular formula is C17H15FN2O3. The highest BCUT2D eigenvalue weighted by atomic mass is 19.1. The van der Waals surface area contributed by atoms with Crippen molar-refractivity contribution in [1.82, 2.24) is 0 Å². The first-order chi connectivity index (χ1) is 11.1. The maximum absolute atomic E-state index is 13.5. The first-order valence-corrected chi connectivity index (χ1v) is 7.14. The Balaban J connectivity index is 1.80. The lowest BCUT2D eigenvalue weighted by Crippen LogP contribution is -2.47. The smallest absolute Gasteiger partial charge is 0.265 e. The number of ether oxygens (including phenoxy) is 1. The van der Waals surface area contributed by atoms with Gasteiger partial charge in [0.25, 0.3) is 5.91 Å². The third kappa shape index (κ3) is 2.88. The van der Waals surface area contributed by atoms with Gasteiger partial charge in [0.1, 0.15) is 6.04 Å². The largest absolute Gasteiger partial charge is 0.481 e. The van der Waals surface area contributed by atoms with E-state index < -0.39 is 23.7 Å². The summed E-state index contributed by atoms with van der Waals surface area (Å²) in [5.74, 6) is -1.58. The van der Waals surface area contributed by atoms with E-state index in [0.717, 1.165) is 5.56 Å². The lowest BCUT2D eigenvalue weighted by molar-refractivity contribution is -0.125. The number of nitrogens with zero attached hydrogens (tertiary/aromatic N) is 1. The van der Waals surface area contributed by atoms with E-state index in [1.54, 1.807) is 18.2 Å². The maximum atomic E-state index is 13.5. The molecule has 1 aliphatic rings. The summed E-state index contributed by atoms with van der Waals surface area (Å²) < 4.78 is 18.8. The van der Waals surface area contributed by atoms with Gasteiger partial charge in [0.2, 0.25) is 5.91 Å². The molecule has 0 spiro atoms. The van der Waals surface area contributed by atoms with Gasteiger partial charge in [-0.25, -0.2) is 4.39 Å². The minimum Gasteiger partial charge on any atom is -0.481 e. The summed E-state index contributed by atoms with van der Waals surface area (Å²) in [7, 11) is 0. The van der Waals surface area contributed by atoms with Crippen molar-refractivity contribution in [2.45, 2.75) is 12.5 Å². The first kappa shape index (κ1) is 15.0. The van der Waals surface area contributed by atoms with E-state index in [-0.39, 0.29) is 12.4 Å². The molecule has 0 saturated heterocycles. The van der Waals surface area contributed by atoms with Crippen LogP contribution in [0.3, 0.4) is 0 Å². The minimum atomic E-state index is -0.746. The van der Waals surface area contributed by atoms with E-state index in [9.17, 15) is 14.0 Å². The maximum Gasteiger partial charge on any atom is 0.265 e. The molecule has 0 saturated carbocycles. The fraction of sp³-hybridized carbons (Fsp3) is 0.176. The van der Waals surface area contributed by atoms with Crippen LogP contribution in [0.1, 0.15) is 5.56 Å². The minimum absolute atomic E-state index is 0.0102. The van der Waals surface area contributed by atoms with Crippen LogP contribution in [0.5, 0.6) is 5.75 Å². The molecule has 2 amide bonds. The number of fused-ring (bicyclic) bond motifs is 1. The quantitative estimate of drug-likeness (QED) is 0.932. The molecule has 0 aromatic heterocycles. The Kier molecular flexibility index (Phi) is 3.97. The monoisotopic (exact) mass is 314 g/mol. The van der Waals surface area contributed by atoms with Gasteiger partial charge in [0, 0.05) is 12.1 Å². The average Bonchev–Trinajstić information content (AvgIpc) is 2.93. The predicted octanol–water partition coefficient (Wildman–Crippen LogP) is 1.65. The van der Waals surface area contributed by atoms with Crippen molar-refractivity contribution in [2.75, 3.05) is 11.5 Å². The molecule has 2 aromatic carbocycles. The SMILES string of the molecule is NC(=O)C1Cc2ccccc2N1C(=O)COc1ccccc1F. The average molecular weight is 314 g/mol. The molecule has 6 heteroatoms. The van der Waals surface area contributed by atoms with Crippen LogP contribution in [0.2, 0.25) is 0 Å². The van der Waals surface area contributed by atoms with Crippen molar-refractivity contribution >= 4 is 17.5 Å². The summed E-state index contributed by atoms with van der Waals surface area (Å²) in [6.07, 6.45) is 0.372. The number of hydrogen-bond donors (Lipinski definition) is 1. The van der Waals surface area contributed by atoms with E-state index >= 15 is 0 Å². The number of primary amides is 1. The van der Waals surface area contributed by atoms with Crippen LogP contribution in [-0.2, 0) is 16.0 Å². The number of rotatable bonds is 4. The first-order valence-electron chi connectivity index (χ1n) is 7.14. The molecule has 5 nitrogen and oxygen atoms in total. The number of nitrogens with two attached hydrogens (primary N) is 1. The molecule has 0 aliphatic carbocycles. The van der Waals surface area contributed by atoms with Crippen LogP contribution in [0, 0.1) is 5.82 Å². The van der Waals surface area contributed by atoms with E-state index in [4.69, 9.17) is 10.5 Å². The Morgan fingerprint density at radius 2 is 1.87 bits per heavy atom. The highest BCUT2D eigenvalue weighted by molar-refractivity contribution is 6.03. The van der Waals surface area contributed by atoms with Crippen LogP contribution < -0.4 is 15.4 Å². The number of benzene rings is 2. The molecular weight excluding hydrogens is 299 g/mol. The van der Waals surface area contributed by atoms with Gasteiger partial charge in [-0.3, -0.25) is 14.5 Å².